The zero-order chi connectivity index (χ0) is 13.7. The number of Topliss-reactive ketones (excluding diaryl/α,β-unsaturated/α-hetero) is 1. The van der Waals surface area contributed by atoms with Gasteiger partial charge in [0.25, 0.3) is 0 Å². The maximum atomic E-state index is 12.5. The van der Waals surface area contributed by atoms with Crippen molar-refractivity contribution in [1.29, 1.82) is 0 Å². The van der Waals surface area contributed by atoms with Crippen LogP contribution in [0.2, 0.25) is 10.0 Å². The first kappa shape index (κ1) is 13.7. The molecule has 0 saturated carbocycles. The molecular formula is C14H16Cl2O2. The number of halogens is 2. The van der Waals surface area contributed by atoms with Gasteiger partial charge in [0.05, 0.1) is 12.1 Å². The summed E-state index contributed by atoms with van der Waals surface area (Å²) in [6, 6.07) is 1.83. The lowest BCUT2D eigenvalue weighted by atomic mass is 9.76. The molecule has 0 aromatic heterocycles. The molecule has 0 saturated heterocycles. The Morgan fingerprint density at radius 1 is 1.33 bits per heavy atom. The van der Waals surface area contributed by atoms with E-state index in [0.717, 1.165) is 5.56 Å². The molecule has 1 aromatic rings. The van der Waals surface area contributed by atoms with Gasteiger partial charge in [0.2, 0.25) is 0 Å². The number of ether oxygens (including phenoxy) is 1. The minimum Gasteiger partial charge on any atom is -0.495 e. The van der Waals surface area contributed by atoms with E-state index in [9.17, 15) is 4.79 Å². The third-order valence-corrected chi connectivity index (χ3v) is 4.90. The van der Waals surface area contributed by atoms with E-state index >= 15 is 0 Å². The summed E-state index contributed by atoms with van der Waals surface area (Å²) in [4.78, 5) is 12.5. The SMILES string of the molecule is COc1cc2c(c(Cl)c1Cl)C(=O)[C@](C)(C(C)C)C2. The fraction of sp³-hybridized carbons (Fsp3) is 0.500. The average molecular weight is 287 g/mol. The lowest BCUT2D eigenvalue weighted by Gasteiger charge is -2.26. The summed E-state index contributed by atoms with van der Waals surface area (Å²) in [7, 11) is 1.54. The number of benzene rings is 1. The average Bonchev–Trinajstić information content (AvgIpc) is 2.58. The molecular weight excluding hydrogens is 271 g/mol. The second-order valence-electron chi connectivity index (χ2n) is 5.32. The van der Waals surface area contributed by atoms with Crippen LogP contribution in [0.5, 0.6) is 5.75 Å². The molecule has 0 amide bonds. The van der Waals surface area contributed by atoms with Crippen LogP contribution in [0.3, 0.4) is 0 Å². The highest BCUT2D eigenvalue weighted by molar-refractivity contribution is 6.45. The highest BCUT2D eigenvalue weighted by Gasteiger charge is 2.45. The lowest BCUT2D eigenvalue weighted by Crippen LogP contribution is -2.30. The second kappa shape index (κ2) is 4.43. The van der Waals surface area contributed by atoms with E-state index in [1.54, 1.807) is 7.11 Å². The molecule has 0 fully saturated rings. The number of carbonyl (C=O) groups is 1. The van der Waals surface area contributed by atoms with Gasteiger partial charge in [0, 0.05) is 11.0 Å². The van der Waals surface area contributed by atoms with Crippen LogP contribution in [0.1, 0.15) is 36.7 Å². The number of methoxy groups -OCH3 is 1. The normalized spacial score (nSPS) is 22.5. The van der Waals surface area contributed by atoms with Gasteiger partial charge in [-0.15, -0.1) is 0 Å². The molecule has 0 heterocycles. The van der Waals surface area contributed by atoms with Gasteiger partial charge in [0.15, 0.2) is 5.78 Å². The molecule has 0 bridgehead atoms. The van der Waals surface area contributed by atoms with E-state index in [1.165, 1.54) is 0 Å². The van der Waals surface area contributed by atoms with Crippen molar-refractivity contribution >= 4 is 29.0 Å². The third kappa shape index (κ3) is 1.74. The predicted octanol–water partition coefficient (Wildman–Crippen LogP) is 4.40. The van der Waals surface area contributed by atoms with Crippen molar-refractivity contribution in [3.8, 4) is 5.75 Å². The molecule has 18 heavy (non-hydrogen) atoms. The van der Waals surface area contributed by atoms with Crippen LogP contribution < -0.4 is 4.74 Å². The van der Waals surface area contributed by atoms with Crippen molar-refractivity contribution in [2.75, 3.05) is 7.11 Å². The van der Waals surface area contributed by atoms with Crippen LogP contribution in [0.25, 0.3) is 0 Å². The van der Waals surface area contributed by atoms with Gasteiger partial charge in [-0.2, -0.15) is 0 Å². The van der Waals surface area contributed by atoms with Gasteiger partial charge < -0.3 is 4.74 Å². The minimum atomic E-state index is -0.401. The summed E-state index contributed by atoms with van der Waals surface area (Å²) >= 11 is 12.3. The van der Waals surface area contributed by atoms with Crippen molar-refractivity contribution < 1.29 is 9.53 Å². The molecule has 4 heteroatoms. The first-order valence-electron chi connectivity index (χ1n) is 5.92. The van der Waals surface area contributed by atoms with Crippen molar-refractivity contribution in [3.05, 3.63) is 27.2 Å². The lowest BCUT2D eigenvalue weighted by molar-refractivity contribution is 0.0772. The van der Waals surface area contributed by atoms with Crippen molar-refractivity contribution in [2.45, 2.75) is 27.2 Å². The number of fused-ring (bicyclic) bond motifs is 1. The maximum Gasteiger partial charge on any atom is 0.171 e. The largest absolute Gasteiger partial charge is 0.495 e. The zero-order valence-electron chi connectivity index (χ0n) is 10.9. The maximum absolute atomic E-state index is 12.5. The molecule has 2 rings (SSSR count). The number of hydrogen-bond acceptors (Lipinski definition) is 2. The monoisotopic (exact) mass is 286 g/mol. The second-order valence-corrected chi connectivity index (χ2v) is 6.07. The van der Waals surface area contributed by atoms with Crippen molar-refractivity contribution in [3.63, 3.8) is 0 Å². The number of ketones is 1. The van der Waals surface area contributed by atoms with Crippen LogP contribution in [0, 0.1) is 11.3 Å². The molecule has 0 radical (unpaired) electrons. The molecule has 1 aromatic carbocycles. The first-order chi connectivity index (χ1) is 8.32. The minimum absolute atomic E-state index is 0.0852. The standard InChI is InChI=1S/C14H16Cl2O2/c1-7(2)14(3)6-8-5-9(18-4)11(15)12(16)10(8)13(14)17/h5,7H,6H2,1-4H3/t14-/m0/s1. The van der Waals surface area contributed by atoms with Crippen molar-refractivity contribution in [2.24, 2.45) is 11.3 Å². The van der Waals surface area contributed by atoms with E-state index < -0.39 is 5.41 Å². The van der Waals surface area contributed by atoms with E-state index in [-0.39, 0.29) is 11.7 Å². The fourth-order valence-electron chi connectivity index (χ4n) is 2.41. The summed E-state index contributed by atoms with van der Waals surface area (Å²) in [5.41, 5.74) is 1.10. The molecule has 1 atom stereocenters. The Morgan fingerprint density at radius 2 is 1.94 bits per heavy atom. The van der Waals surface area contributed by atoms with Crippen molar-refractivity contribution in [1.82, 2.24) is 0 Å². The Bertz CT molecular complexity index is 523. The predicted molar refractivity (Wildman–Crippen MR) is 74.0 cm³/mol. The topological polar surface area (TPSA) is 26.3 Å². The molecule has 2 nitrogen and oxygen atoms in total. The Balaban J connectivity index is 2.63. The summed E-state index contributed by atoms with van der Waals surface area (Å²) in [5.74, 6) is 0.863. The molecule has 1 aliphatic carbocycles. The number of carbonyl (C=O) groups excluding carboxylic acids is 1. The van der Waals surface area contributed by atoms with E-state index in [1.807, 2.05) is 13.0 Å². The van der Waals surface area contributed by atoms with Crippen LogP contribution in [-0.2, 0) is 6.42 Å². The number of hydrogen-bond donors (Lipinski definition) is 0. The summed E-state index contributed by atoms with van der Waals surface area (Å²) < 4.78 is 5.19. The molecule has 98 valence electrons. The Morgan fingerprint density at radius 3 is 2.44 bits per heavy atom. The van der Waals surface area contributed by atoms with Crippen LogP contribution in [0.4, 0.5) is 0 Å². The summed E-state index contributed by atoms with van der Waals surface area (Å²) in [5, 5.41) is 0.639. The number of rotatable bonds is 2. The fourth-order valence-corrected chi connectivity index (χ4v) is 2.94. The first-order valence-corrected chi connectivity index (χ1v) is 6.68. The van der Waals surface area contributed by atoms with Crippen LogP contribution in [-0.4, -0.2) is 12.9 Å². The Kier molecular flexibility index (Phi) is 3.37. The molecule has 1 aliphatic rings. The van der Waals surface area contributed by atoms with Gasteiger partial charge in [0.1, 0.15) is 10.8 Å². The van der Waals surface area contributed by atoms with Gasteiger partial charge in [-0.25, -0.2) is 0 Å². The Hall–Kier alpha value is -0.730. The highest BCUT2D eigenvalue weighted by atomic mass is 35.5. The smallest absolute Gasteiger partial charge is 0.171 e. The summed E-state index contributed by atoms with van der Waals surface area (Å²) in [6.07, 6.45) is 0.687. The van der Waals surface area contributed by atoms with E-state index in [2.05, 4.69) is 13.8 Å². The van der Waals surface area contributed by atoms with Gasteiger partial charge in [-0.1, -0.05) is 44.0 Å². The Labute approximate surface area is 117 Å². The third-order valence-electron chi connectivity index (χ3n) is 4.05. The van der Waals surface area contributed by atoms with Gasteiger partial charge >= 0.3 is 0 Å². The molecule has 0 unspecified atom stereocenters. The molecule has 0 aliphatic heterocycles. The highest BCUT2D eigenvalue weighted by Crippen LogP contribution is 2.48. The molecule has 0 N–H and O–H groups in total. The van der Waals surface area contributed by atoms with Gasteiger partial charge in [-0.3, -0.25) is 4.79 Å². The molecule has 0 spiro atoms. The van der Waals surface area contributed by atoms with E-state index in [0.29, 0.717) is 27.8 Å². The summed E-state index contributed by atoms with van der Waals surface area (Å²) in [6.45, 7) is 6.09. The zero-order valence-corrected chi connectivity index (χ0v) is 12.4. The van der Waals surface area contributed by atoms with Gasteiger partial charge in [-0.05, 0) is 24.0 Å². The van der Waals surface area contributed by atoms with E-state index in [4.69, 9.17) is 27.9 Å². The quantitative estimate of drug-likeness (QED) is 0.805. The van der Waals surface area contributed by atoms with Crippen LogP contribution in [0.15, 0.2) is 6.07 Å². The van der Waals surface area contributed by atoms with Crippen LogP contribution >= 0.6 is 23.2 Å².